The standard InChI is InChI=1S/C24H21N3O3S3/c1-25-14-17(19-10-6-12-32-19)24(21(29)27(22(31)33-24)13-15-7-5-11-30-15)23(25)16-8-3-4-9-18(16)26(2)20(23)28/h3-12,17H,13-14H2,1-2H3/t17-,23+,24-/m0/s1. The molecule has 2 spiro atoms. The smallest absolute Gasteiger partial charge is 0.254 e. The van der Waals surface area contributed by atoms with Crippen LogP contribution in [0, 0.1) is 0 Å². The molecule has 0 unspecified atom stereocenters. The lowest BCUT2D eigenvalue weighted by Gasteiger charge is -2.42. The number of thioether (sulfide) groups is 1. The molecule has 0 radical (unpaired) electrons. The number of likely N-dealkylation sites (tertiary alicyclic amines) is 1. The minimum atomic E-state index is -1.16. The minimum Gasteiger partial charge on any atom is -0.467 e. The van der Waals surface area contributed by atoms with Crippen LogP contribution in [0.2, 0.25) is 0 Å². The first-order valence-corrected chi connectivity index (χ1v) is 12.7. The number of carbonyl (C=O) groups is 2. The van der Waals surface area contributed by atoms with Crippen molar-refractivity contribution in [3.05, 3.63) is 76.4 Å². The maximum atomic E-state index is 14.5. The molecule has 2 fully saturated rings. The maximum absolute atomic E-state index is 14.5. The van der Waals surface area contributed by atoms with Gasteiger partial charge in [-0.05, 0) is 36.7 Å². The molecule has 6 rings (SSSR count). The Kier molecular flexibility index (Phi) is 4.65. The second-order valence-corrected chi connectivity index (χ2v) is 11.5. The van der Waals surface area contributed by atoms with E-state index in [1.165, 1.54) is 11.8 Å². The van der Waals surface area contributed by atoms with Gasteiger partial charge in [0.1, 0.15) is 14.8 Å². The van der Waals surface area contributed by atoms with E-state index in [4.69, 9.17) is 16.6 Å². The fourth-order valence-corrected chi connectivity index (χ4v) is 8.86. The molecule has 3 atom stereocenters. The molecule has 1 aromatic carbocycles. The number of amides is 2. The summed E-state index contributed by atoms with van der Waals surface area (Å²) in [6.45, 7) is 0.826. The molecule has 3 aliphatic heterocycles. The lowest BCUT2D eigenvalue weighted by Crippen LogP contribution is -2.62. The highest BCUT2D eigenvalue weighted by molar-refractivity contribution is 8.25. The van der Waals surface area contributed by atoms with Gasteiger partial charge >= 0.3 is 0 Å². The van der Waals surface area contributed by atoms with Gasteiger partial charge in [-0.2, -0.15) is 0 Å². The van der Waals surface area contributed by atoms with E-state index in [1.807, 2.05) is 48.8 Å². The fourth-order valence-electron chi connectivity index (χ4n) is 5.79. The van der Waals surface area contributed by atoms with Crippen LogP contribution in [0.15, 0.2) is 64.6 Å². The summed E-state index contributed by atoms with van der Waals surface area (Å²) in [7, 11) is 3.74. The average molecular weight is 496 g/mol. The van der Waals surface area contributed by atoms with Crippen molar-refractivity contribution in [2.45, 2.75) is 22.7 Å². The van der Waals surface area contributed by atoms with Gasteiger partial charge in [-0.15, -0.1) is 11.3 Å². The van der Waals surface area contributed by atoms with Gasteiger partial charge in [0.15, 0.2) is 5.54 Å². The van der Waals surface area contributed by atoms with Crippen LogP contribution < -0.4 is 4.90 Å². The van der Waals surface area contributed by atoms with Gasteiger partial charge in [0, 0.05) is 35.6 Å². The number of benzene rings is 1. The number of fused-ring (bicyclic) bond motifs is 3. The molecule has 0 aliphatic carbocycles. The summed E-state index contributed by atoms with van der Waals surface area (Å²) < 4.78 is 4.89. The number of likely N-dealkylation sites (N-methyl/N-ethyl adjacent to an activating group) is 2. The average Bonchev–Trinajstić information content (AvgIpc) is 3.62. The van der Waals surface area contributed by atoms with Gasteiger partial charge in [-0.1, -0.05) is 48.2 Å². The van der Waals surface area contributed by atoms with Crippen LogP contribution in [0.25, 0.3) is 0 Å². The zero-order valence-corrected chi connectivity index (χ0v) is 20.5. The first kappa shape index (κ1) is 21.1. The molecule has 3 aromatic rings. The third-order valence-corrected chi connectivity index (χ3v) is 10.1. The molecule has 2 aromatic heterocycles. The minimum absolute atomic E-state index is 0.0891. The van der Waals surface area contributed by atoms with Crippen molar-refractivity contribution in [3.8, 4) is 0 Å². The Hall–Kier alpha value is -2.46. The van der Waals surface area contributed by atoms with E-state index < -0.39 is 10.3 Å². The first-order valence-electron chi connectivity index (χ1n) is 10.6. The van der Waals surface area contributed by atoms with Gasteiger partial charge in [-0.3, -0.25) is 19.4 Å². The van der Waals surface area contributed by atoms with Gasteiger partial charge < -0.3 is 9.32 Å². The van der Waals surface area contributed by atoms with E-state index in [9.17, 15) is 9.59 Å². The van der Waals surface area contributed by atoms with Crippen LogP contribution in [0.5, 0.6) is 0 Å². The van der Waals surface area contributed by atoms with Gasteiger partial charge in [0.25, 0.3) is 5.91 Å². The molecular formula is C24H21N3O3S3. The zero-order chi connectivity index (χ0) is 23.0. The molecule has 2 amide bonds. The van der Waals surface area contributed by atoms with Gasteiger partial charge in [0.2, 0.25) is 5.91 Å². The molecule has 5 heterocycles. The lowest BCUT2D eigenvalue weighted by atomic mass is 9.73. The Bertz CT molecular complexity index is 1280. The van der Waals surface area contributed by atoms with E-state index in [0.29, 0.717) is 16.6 Å². The Morgan fingerprint density at radius 1 is 1.09 bits per heavy atom. The van der Waals surface area contributed by atoms with Crippen molar-refractivity contribution in [3.63, 3.8) is 0 Å². The number of rotatable bonds is 3. The summed E-state index contributed by atoms with van der Waals surface area (Å²) in [5, 5.41) is 2.02. The first-order chi connectivity index (χ1) is 15.9. The number of nitrogens with zero attached hydrogens (tertiary/aromatic N) is 3. The number of thiocarbonyl (C=S) groups is 1. The van der Waals surface area contributed by atoms with Gasteiger partial charge in [-0.25, -0.2) is 0 Å². The van der Waals surface area contributed by atoms with Crippen LogP contribution in [0.1, 0.15) is 22.1 Å². The monoisotopic (exact) mass is 495 g/mol. The van der Waals surface area contributed by atoms with Crippen LogP contribution in [-0.2, 0) is 21.7 Å². The Morgan fingerprint density at radius 3 is 2.64 bits per heavy atom. The topological polar surface area (TPSA) is 57.0 Å². The third kappa shape index (κ3) is 2.51. The molecule has 0 N–H and O–H groups in total. The van der Waals surface area contributed by atoms with Crippen molar-refractivity contribution < 1.29 is 14.0 Å². The highest BCUT2D eigenvalue weighted by Crippen LogP contribution is 2.66. The predicted molar refractivity (Wildman–Crippen MR) is 133 cm³/mol. The molecule has 0 saturated carbocycles. The normalized spacial score (nSPS) is 29.3. The van der Waals surface area contributed by atoms with Crippen molar-refractivity contribution in [1.29, 1.82) is 0 Å². The molecular weight excluding hydrogens is 474 g/mol. The van der Waals surface area contributed by atoms with Crippen molar-refractivity contribution >= 4 is 57.1 Å². The van der Waals surface area contributed by atoms with Crippen LogP contribution >= 0.6 is 35.3 Å². The van der Waals surface area contributed by atoms with Gasteiger partial charge in [0.05, 0.1) is 12.8 Å². The van der Waals surface area contributed by atoms with E-state index in [-0.39, 0.29) is 24.3 Å². The van der Waals surface area contributed by atoms with Crippen molar-refractivity contribution in [1.82, 2.24) is 9.80 Å². The number of furan rings is 1. The van der Waals surface area contributed by atoms with Crippen molar-refractivity contribution in [2.24, 2.45) is 0 Å². The number of carbonyl (C=O) groups excluding carboxylic acids is 2. The van der Waals surface area contributed by atoms with Crippen LogP contribution in [0.3, 0.4) is 0 Å². The number of anilines is 1. The molecule has 33 heavy (non-hydrogen) atoms. The van der Waals surface area contributed by atoms with E-state index in [2.05, 4.69) is 11.0 Å². The lowest BCUT2D eigenvalue weighted by molar-refractivity contribution is -0.139. The molecule has 2 saturated heterocycles. The third-order valence-electron chi connectivity index (χ3n) is 7.14. The SMILES string of the molecule is CN1C(=O)[C@@]2(c3ccccc31)N(C)C[C@@H](c1cccs1)[C@@]21SC(=S)N(Cc2ccco2)C1=O. The Balaban J connectivity index is 1.60. The van der Waals surface area contributed by atoms with E-state index in [0.717, 1.165) is 16.1 Å². The van der Waals surface area contributed by atoms with E-state index >= 15 is 0 Å². The summed E-state index contributed by atoms with van der Waals surface area (Å²) in [4.78, 5) is 35.2. The maximum Gasteiger partial charge on any atom is 0.254 e. The number of hydrogen-bond donors (Lipinski definition) is 0. The molecule has 168 valence electrons. The fraction of sp³-hybridized carbons (Fsp3) is 0.292. The second-order valence-electron chi connectivity index (χ2n) is 8.61. The van der Waals surface area contributed by atoms with E-state index in [1.54, 1.807) is 40.5 Å². The summed E-state index contributed by atoms with van der Waals surface area (Å²) in [6, 6.07) is 15.5. The molecule has 9 heteroatoms. The number of para-hydroxylation sites is 1. The largest absolute Gasteiger partial charge is 0.467 e. The van der Waals surface area contributed by atoms with Crippen LogP contribution in [0.4, 0.5) is 5.69 Å². The highest BCUT2D eigenvalue weighted by Gasteiger charge is 2.78. The zero-order valence-electron chi connectivity index (χ0n) is 18.1. The summed E-state index contributed by atoms with van der Waals surface area (Å²) in [5.41, 5.74) is 0.545. The molecule has 3 aliphatic rings. The highest BCUT2D eigenvalue weighted by atomic mass is 32.2. The Labute approximate surface area is 205 Å². The summed E-state index contributed by atoms with van der Waals surface area (Å²) in [6.07, 6.45) is 1.59. The van der Waals surface area contributed by atoms with Crippen molar-refractivity contribution in [2.75, 3.05) is 25.5 Å². The number of thiophene rings is 1. The number of hydrogen-bond acceptors (Lipinski definition) is 7. The summed E-state index contributed by atoms with van der Waals surface area (Å²) >= 11 is 8.79. The second kappa shape index (κ2) is 7.27. The Morgan fingerprint density at radius 2 is 1.91 bits per heavy atom. The molecule has 0 bridgehead atoms. The van der Waals surface area contributed by atoms with Crippen LogP contribution in [-0.4, -0.2) is 51.3 Å². The molecule has 6 nitrogen and oxygen atoms in total. The predicted octanol–water partition coefficient (Wildman–Crippen LogP) is 4.04. The quantitative estimate of drug-likeness (QED) is 0.511. The summed E-state index contributed by atoms with van der Waals surface area (Å²) in [5.74, 6) is 0.249.